The molecule has 1 aromatic carbocycles. The number of rotatable bonds is 4. The Balaban J connectivity index is 2.31. The van der Waals surface area contributed by atoms with Gasteiger partial charge in [-0.25, -0.2) is 4.79 Å². The number of carboxylic acid groups (broad SMARTS) is 1. The Bertz CT molecular complexity index is 636. The van der Waals surface area contributed by atoms with E-state index in [0.29, 0.717) is 5.02 Å². The molecule has 1 atom stereocenters. The van der Waals surface area contributed by atoms with Crippen molar-refractivity contribution in [3.63, 3.8) is 0 Å². The molecule has 0 unspecified atom stereocenters. The minimum atomic E-state index is -1.06. The van der Waals surface area contributed by atoms with Crippen molar-refractivity contribution < 1.29 is 14.7 Å². The van der Waals surface area contributed by atoms with E-state index in [1.807, 2.05) is 6.07 Å². The lowest BCUT2D eigenvalue weighted by molar-refractivity contribution is -0.141. The number of halogens is 1. The number of hydrogen-bond donors (Lipinski definition) is 3. The first-order valence-electron chi connectivity index (χ1n) is 5.73. The number of benzene rings is 1. The second kappa shape index (κ2) is 5.32. The van der Waals surface area contributed by atoms with E-state index in [0.717, 1.165) is 16.5 Å². The zero-order chi connectivity index (χ0) is 14.0. The number of aromatic nitrogens is 1. The second-order valence-electron chi connectivity index (χ2n) is 4.30. The van der Waals surface area contributed by atoms with Crippen molar-refractivity contribution in [1.82, 2.24) is 10.3 Å². The predicted molar refractivity (Wildman–Crippen MR) is 72.3 cm³/mol. The van der Waals surface area contributed by atoms with Crippen molar-refractivity contribution in [3.8, 4) is 0 Å². The van der Waals surface area contributed by atoms with Gasteiger partial charge < -0.3 is 15.4 Å². The second-order valence-corrected chi connectivity index (χ2v) is 4.74. The summed E-state index contributed by atoms with van der Waals surface area (Å²) in [5.41, 5.74) is 1.69. The summed E-state index contributed by atoms with van der Waals surface area (Å²) < 4.78 is 0. The molecule has 1 heterocycles. The molecular formula is C13H13ClN2O3. The third-order valence-electron chi connectivity index (χ3n) is 2.83. The minimum Gasteiger partial charge on any atom is -0.480 e. The van der Waals surface area contributed by atoms with Gasteiger partial charge >= 0.3 is 5.97 Å². The number of carbonyl (C=O) groups excluding carboxylic acids is 1. The molecule has 2 rings (SSSR count). The van der Waals surface area contributed by atoms with E-state index in [9.17, 15) is 9.59 Å². The highest BCUT2D eigenvalue weighted by atomic mass is 35.5. The quantitative estimate of drug-likeness (QED) is 0.800. The van der Waals surface area contributed by atoms with Gasteiger partial charge in [-0.2, -0.15) is 0 Å². The van der Waals surface area contributed by atoms with Crippen molar-refractivity contribution in [2.24, 2.45) is 0 Å². The topological polar surface area (TPSA) is 82.2 Å². The van der Waals surface area contributed by atoms with Crippen LogP contribution in [0.15, 0.2) is 24.4 Å². The summed E-state index contributed by atoms with van der Waals surface area (Å²) in [6.45, 7) is 1.29. The van der Waals surface area contributed by atoms with Gasteiger partial charge in [-0.15, -0.1) is 0 Å². The number of fused-ring (bicyclic) bond motifs is 1. The number of carboxylic acids is 1. The smallest absolute Gasteiger partial charge is 0.326 e. The first-order chi connectivity index (χ1) is 8.97. The van der Waals surface area contributed by atoms with Gasteiger partial charge in [0.15, 0.2) is 0 Å². The number of aliphatic carboxylic acids is 1. The van der Waals surface area contributed by atoms with E-state index in [1.165, 1.54) is 6.92 Å². The molecule has 0 bridgehead atoms. The first-order valence-corrected chi connectivity index (χ1v) is 6.10. The summed E-state index contributed by atoms with van der Waals surface area (Å²) in [7, 11) is 0. The lowest BCUT2D eigenvalue weighted by atomic mass is 10.1. The molecule has 6 heteroatoms. The van der Waals surface area contributed by atoms with E-state index < -0.39 is 12.0 Å². The van der Waals surface area contributed by atoms with Gasteiger partial charge in [0.2, 0.25) is 5.91 Å². The summed E-state index contributed by atoms with van der Waals surface area (Å²) in [4.78, 5) is 25.2. The summed E-state index contributed by atoms with van der Waals surface area (Å²) in [6, 6.07) is 4.41. The minimum absolute atomic E-state index is 0.204. The van der Waals surface area contributed by atoms with Crippen LogP contribution >= 0.6 is 11.6 Å². The largest absolute Gasteiger partial charge is 0.480 e. The van der Waals surface area contributed by atoms with Crippen molar-refractivity contribution in [1.29, 1.82) is 0 Å². The van der Waals surface area contributed by atoms with Crippen LogP contribution < -0.4 is 5.32 Å². The average Bonchev–Trinajstić information content (AvgIpc) is 2.70. The summed E-state index contributed by atoms with van der Waals surface area (Å²) in [5.74, 6) is -1.43. The predicted octanol–water partition coefficient (Wildman–Crippen LogP) is 1.95. The Morgan fingerprint density at radius 3 is 2.84 bits per heavy atom. The van der Waals surface area contributed by atoms with Gasteiger partial charge in [-0.3, -0.25) is 4.79 Å². The number of amides is 1. The summed E-state index contributed by atoms with van der Waals surface area (Å²) in [5, 5.41) is 13.0. The molecule has 0 radical (unpaired) electrons. The van der Waals surface area contributed by atoms with E-state index in [1.54, 1.807) is 18.3 Å². The Morgan fingerprint density at radius 1 is 1.47 bits per heavy atom. The molecule has 0 aliphatic rings. The molecule has 0 fully saturated rings. The zero-order valence-electron chi connectivity index (χ0n) is 10.2. The number of nitrogens with one attached hydrogen (secondary N) is 2. The van der Waals surface area contributed by atoms with Crippen LogP contribution in [0.4, 0.5) is 0 Å². The Morgan fingerprint density at radius 2 is 2.21 bits per heavy atom. The van der Waals surface area contributed by atoms with Crippen LogP contribution in [0.25, 0.3) is 10.9 Å². The molecule has 0 aliphatic heterocycles. The molecule has 2 aromatic rings. The Kier molecular flexibility index (Phi) is 3.76. The van der Waals surface area contributed by atoms with E-state index >= 15 is 0 Å². The third-order valence-corrected chi connectivity index (χ3v) is 3.06. The van der Waals surface area contributed by atoms with Crippen LogP contribution in [-0.4, -0.2) is 28.0 Å². The van der Waals surface area contributed by atoms with Gasteiger partial charge in [0.25, 0.3) is 0 Å². The highest BCUT2D eigenvalue weighted by molar-refractivity contribution is 6.31. The van der Waals surface area contributed by atoms with Crippen molar-refractivity contribution in [2.45, 2.75) is 19.4 Å². The van der Waals surface area contributed by atoms with Crippen LogP contribution in [0.2, 0.25) is 5.02 Å². The molecule has 1 amide bonds. The number of aromatic amines is 1. The maximum atomic E-state index is 11.1. The highest BCUT2D eigenvalue weighted by Gasteiger charge is 2.20. The summed E-state index contributed by atoms with van der Waals surface area (Å²) >= 11 is 5.93. The molecular weight excluding hydrogens is 268 g/mol. The van der Waals surface area contributed by atoms with Crippen molar-refractivity contribution >= 4 is 34.4 Å². The molecule has 1 aromatic heterocycles. The standard InChI is InChI=1S/C13H13ClN2O3/c1-7(17)16-12(13(18)19)4-8-6-15-11-3-2-9(14)5-10(8)11/h2-3,5-6,12,15H,4H2,1H3,(H,16,17)(H,18,19)/t12-/m1/s1. The fourth-order valence-corrected chi connectivity index (χ4v) is 2.16. The van der Waals surface area contributed by atoms with Gasteiger partial charge in [0.1, 0.15) is 6.04 Å². The lowest BCUT2D eigenvalue weighted by Gasteiger charge is -2.12. The van der Waals surface area contributed by atoms with Crippen LogP contribution in [0.1, 0.15) is 12.5 Å². The first kappa shape index (κ1) is 13.4. The molecule has 3 N–H and O–H groups in total. The Hall–Kier alpha value is -2.01. The van der Waals surface area contributed by atoms with E-state index in [2.05, 4.69) is 10.3 Å². The lowest BCUT2D eigenvalue weighted by Crippen LogP contribution is -2.41. The number of H-pyrrole nitrogens is 1. The van der Waals surface area contributed by atoms with Gasteiger partial charge in [0.05, 0.1) is 0 Å². The van der Waals surface area contributed by atoms with Gasteiger partial charge in [0, 0.05) is 35.5 Å². The molecule has 100 valence electrons. The van der Waals surface area contributed by atoms with Gasteiger partial charge in [-0.05, 0) is 23.8 Å². The monoisotopic (exact) mass is 280 g/mol. The van der Waals surface area contributed by atoms with Crippen LogP contribution in [-0.2, 0) is 16.0 Å². The average molecular weight is 281 g/mol. The highest BCUT2D eigenvalue weighted by Crippen LogP contribution is 2.23. The SMILES string of the molecule is CC(=O)N[C@H](Cc1c[nH]c2ccc(Cl)cc12)C(=O)O. The fraction of sp³-hybridized carbons (Fsp3) is 0.231. The fourth-order valence-electron chi connectivity index (χ4n) is 1.98. The summed E-state index contributed by atoms with van der Waals surface area (Å²) in [6.07, 6.45) is 1.94. The molecule has 0 saturated heterocycles. The molecule has 19 heavy (non-hydrogen) atoms. The van der Waals surface area contributed by atoms with Crippen molar-refractivity contribution in [3.05, 3.63) is 35.0 Å². The molecule has 0 saturated carbocycles. The van der Waals surface area contributed by atoms with Gasteiger partial charge in [-0.1, -0.05) is 11.6 Å². The van der Waals surface area contributed by atoms with E-state index in [4.69, 9.17) is 16.7 Å². The Labute approximate surface area is 114 Å². The van der Waals surface area contributed by atoms with Crippen LogP contribution in [0.5, 0.6) is 0 Å². The maximum Gasteiger partial charge on any atom is 0.326 e. The third kappa shape index (κ3) is 3.06. The van der Waals surface area contributed by atoms with Crippen molar-refractivity contribution in [2.75, 3.05) is 0 Å². The molecule has 5 nitrogen and oxygen atoms in total. The zero-order valence-corrected chi connectivity index (χ0v) is 11.0. The molecule has 0 aliphatic carbocycles. The molecule has 0 spiro atoms. The van der Waals surface area contributed by atoms with Crippen LogP contribution in [0.3, 0.4) is 0 Å². The number of hydrogen-bond acceptors (Lipinski definition) is 2. The van der Waals surface area contributed by atoms with Crippen LogP contribution in [0, 0.1) is 0 Å². The number of carbonyl (C=O) groups is 2. The maximum absolute atomic E-state index is 11.1. The van der Waals surface area contributed by atoms with E-state index in [-0.39, 0.29) is 12.3 Å². The normalized spacial score (nSPS) is 12.3.